The number of aliphatic carboxylic acids is 1. The van der Waals surface area contributed by atoms with Crippen molar-refractivity contribution in [1.29, 1.82) is 0 Å². The Kier molecular flexibility index (Phi) is 6.81. The van der Waals surface area contributed by atoms with E-state index in [1.807, 2.05) is 36.4 Å². The Morgan fingerprint density at radius 3 is 2.08 bits per heavy atom. The second kappa shape index (κ2) is 9.94. The van der Waals surface area contributed by atoms with Crippen molar-refractivity contribution in [1.82, 2.24) is 9.80 Å². The van der Waals surface area contributed by atoms with Crippen LogP contribution in [-0.2, 0) is 19.0 Å². The van der Waals surface area contributed by atoms with E-state index in [1.54, 1.807) is 20.8 Å². The highest BCUT2D eigenvalue weighted by molar-refractivity contribution is 5.89. The lowest BCUT2D eigenvalue weighted by Crippen LogP contribution is -2.77. The van der Waals surface area contributed by atoms with Crippen molar-refractivity contribution in [2.75, 3.05) is 32.9 Å². The van der Waals surface area contributed by atoms with Gasteiger partial charge in [0, 0.05) is 25.2 Å². The van der Waals surface area contributed by atoms with Gasteiger partial charge in [-0.05, 0) is 55.9 Å². The van der Waals surface area contributed by atoms with Crippen LogP contribution < -0.4 is 0 Å². The van der Waals surface area contributed by atoms with Crippen LogP contribution in [0.1, 0.15) is 50.7 Å². The number of nitrogens with zero attached hydrogens (tertiary/aromatic N) is 2. The van der Waals surface area contributed by atoms with Gasteiger partial charge in [0.1, 0.15) is 12.2 Å². The predicted molar refractivity (Wildman–Crippen MR) is 139 cm³/mol. The minimum absolute atomic E-state index is 0.0814. The molecule has 2 aliphatic heterocycles. The van der Waals surface area contributed by atoms with E-state index in [0.717, 1.165) is 22.3 Å². The number of ether oxygens (including phenoxy) is 3. The summed E-state index contributed by atoms with van der Waals surface area (Å²) in [5.41, 5.74) is 2.06. The lowest BCUT2D eigenvalue weighted by atomic mass is 9.85. The molecule has 2 fully saturated rings. The first-order valence-electron chi connectivity index (χ1n) is 13.0. The van der Waals surface area contributed by atoms with Crippen molar-refractivity contribution in [3.8, 4) is 11.1 Å². The van der Waals surface area contributed by atoms with E-state index in [-0.39, 0.29) is 31.7 Å². The third kappa shape index (κ3) is 4.71. The third-order valence-corrected chi connectivity index (χ3v) is 7.50. The molecule has 0 spiro atoms. The van der Waals surface area contributed by atoms with Gasteiger partial charge in [-0.25, -0.2) is 14.4 Å². The highest BCUT2D eigenvalue weighted by atomic mass is 16.6. The molecule has 3 aliphatic rings. The summed E-state index contributed by atoms with van der Waals surface area (Å²) in [6.45, 7) is 5.84. The molecule has 1 N–H and O–H groups in total. The summed E-state index contributed by atoms with van der Waals surface area (Å²) in [6, 6.07) is 15.7. The van der Waals surface area contributed by atoms with Gasteiger partial charge in [-0.3, -0.25) is 4.90 Å². The maximum atomic E-state index is 13.7. The van der Waals surface area contributed by atoms with Crippen LogP contribution in [0.25, 0.3) is 11.1 Å². The van der Waals surface area contributed by atoms with Gasteiger partial charge in [0.2, 0.25) is 0 Å². The molecule has 0 bridgehead atoms. The molecule has 1 aliphatic carbocycles. The molecule has 2 aromatic carbocycles. The SMILES string of the molecule is CC(C)(C)OC(=O)N1CC(C(=O)O)(N(C(=O)OCC2c3ccccc3-c3ccccc32)C2CCOCC2)C1. The highest BCUT2D eigenvalue weighted by Gasteiger charge is 2.60. The van der Waals surface area contributed by atoms with Gasteiger partial charge in [-0.15, -0.1) is 0 Å². The Bertz CT molecular complexity index is 1180. The average molecular weight is 523 g/mol. The molecule has 2 heterocycles. The van der Waals surface area contributed by atoms with E-state index < -0.39 is 29.3 Å². The fourth-order valence-corrected chi connectivity index (χ4v) is 5.71. The quantitative estimate of drug-likeness (QED) is 0.617. The van der Waals surface area contributed by atoms with E-state index in [2.05, 4.69) is 12.1 Å². The molecule has 38 heavy (non-hydrogen) atoms. The maximum Gasteiger partial charge on any atom is 0.411 e. The first kappa shape index (κ1) is 26.0. The summed E-state index contributed by atoms with van der Waals surface area (Å²) in [4.78, 5) is 41.7. The van der Waals surface area contributed by atoms with Gasteiger partial charge in [0.25, 0.3) is 0 Å². The number of carbonyl (C=O) groups is 3. The predicted octanol–water partition coefficient (Wildman–Crippen LogP) is 4.49. The lowest BCUT2D eigenvalue weighted by Gasteiger charge is -2.54. The number of fused-ring (bicyclic) bond motifs is 3. The smallest absolute Gasteiger partial charge is 0.411 e. The van der Waals surface area contributed by atoms with Gasteiger partial charge in [0.05, 0.1) is 13.1 Å². The van der Waals surface area contributed by atoms with Crippen molar-refractivity contribution >= 4 is 18.2 Å². The number of hydrogen-bond acceptors (Lipinski definition) is 6. The molecule has 0 atom stereocenters. The Morgan fingerprint density at radius 1 is 1.00 bits per heavy atom. The molecule has 0 aromatic heterocycles. The maximum absolute atomic E-state index is 13.7. The molecule has 2 aromatic rings. The van der Waals surface area contributed by atoms with E-state index in [4.69, 9.17) is 14.2 Å². The molecule has 2 amide bonds. The Balaban J connectivity index is 1.38. The molecule has 2 saturated heterocycles. The fraction of sp³-hybridized carbons (Fsp3) is 0.483. The largest absolute Gasteiger partial charge is 0.479 e. The number of benzene rings is 2. The van der Waals surface area contributed by atoms with Crippen LogP contribution in [0.3, 0.4) is 0 Å². The lowest BCUT2D eigenvalue weighted by molar-refractivity contribution is -0.166. The van der Waals surface area contributed by atoms with Gasteiger partial charge in [-0.2, -0.15) is 0 Å². The van der Waals surface area contributed by atoms with Crippen LogP contribution in [0, 0.1) is 0 Å². The van der Waals surface area contributed by atoms with E-state index in [0.29, 0.717) is 26.1 Å². The topological polar surface area (TPSA) is 106 Å². The number of carbonyl (C=O) groups excluding carboxylic acids is 2. The van der Waals surface area contributed by atoms with Gasteiger partial charge in [0.15, 0.2) is 5.54 Å². The first-order valence-corrected chi connectivity index (χ1v) is 13.0. The van der Waals surface area contributed by atoms with Crippen LogP contribution >= 0.6 is 0 Å². The van der Waals surface area contributed by atoms with E-state index in [9.17, 15) is 19.5 Å². The summed E-state index contributed by atoms with van der Waals surface area (Å²) in [5, 5.41) is 10.3. The monoisotopic (exact) mass is 522 g/mol. The molecule has 202 valence electrons. The van der Waals surface area contributed by atoms with Gasteiger partial charge < -0.3 is 24.2 Å². The van der Waals surface area contributed by atoms with Crippen LogP contribution in [0.15, 0.2) is 48.5 Å². The summed E-state index contributed by atoms with van der Waals surface area (Å²) < 4.78 is 16.8. The number of carboxylic acid groups (broad SMARTS) is 1. The Hall–Kier alpha value is -3.59. The zero-order valence-corrected chi connectivity index (χ0v) is 22.0. The molecular formula is C29H34N2O7. The average Bonchev–Trinajstić information content (AvgIpc) is 3.17. The third-order valence-electron chi connectivity index (χ3n) is 7.50. The summed E-state index contributed by atoms with van der Waals surface area (Å²) in [7, 11) is 0. The summed E-state index contributed by atoms with van der Waals surface area (Å²) in [5.74, 6) is -1.32. The number of hydrogen-bond donors (Lipinski definition) is 1. The van der Waals surface area contributed by atoms with Crippen molar-refractivity contribution in [2.24, 2.45) is 0 Å². The van der Waals surface area contributed by atoms with Crippen LogP contribution in [0.2, 0.25) is 0 Å². The molecule has 9 nitrogen and oxygen atoms in total. The number of rotatable bonds is 5. The van der Waals surface area contributed by atoms with Crippen LogP contribution in [0.5, 0.6) is 0 Å². The van der Waals surface area contributed by atoms with Crippen molar-refractivity contribution in [3.63, 3.8) is 0 Å². The van der Waals surface area contributed by atoms with Crippen molar-refractivity contribution in [2.45, 2.75) is 56.7 Å². The molecule has 0 unspecified atom stereocenters. The number of carboxylic acids is 1. The number of amides is 2. The standard InChI is InChI=1S/C29H34N2O7/c1-28(2,3)38-26(34)30-17-29(18-30,25(32)33)31(19-12-14-36-15-13-19)27(35)37-16-24-22-10-6-4-8-20(22)21-9-5-7-11-23(21)24/h4-11,19,24H,12-18H2,1-3H3,(H,32,33). The Labute approximate surface area is 222 Å². The minimum atomic E-state index is -1.60. The zero-order chi connectivity index (χ0) is 27.1. The number of likely N-dealkylation sites (tertiary alicyclic amines) is 1. The molecule has 0 radical (unpaired) electrons. The van der Waals surface area contributed by atoms with Gasteiger partial charge >= 0.3 is 18.2 Å². The van der Waals surface area contributed by atoms with Crippen LogP contribution in [0.4, 0.5) is 9.59 Å². The molecule has 5 rings (SSSR count). The van der Waals surface area contributed by atoms with E-state index in [1.165, 1.54) is 9.80 Å². The molecule has 9 heteroatoms. The first-order chi connectivity index (χ1) is 18.1. The Morgan fingerprint density at radius 2 is 1.55 bits per heavy atom. The highest BCUT2D eigenvalue weighted by Crippen LogP contribution is 2.45. The molecular weight excluding hydrogens is 488 g/mol. The summed E-state index contributed by atoms with van der Waals surface area (Å²) >= 11 is 0. The zero-order valence-electron chi connectivity index (χ0n) is 22.0. The minimum Gasteiger partial charge on any atom is -0.479 e. The van der Waals surface area contributed by atoms with Crippen LogP contribution in [-0.4, -0.2) is 83.2 Å². The van der Waals surface area contributed by atoms with Crippen molar-refractivity contribution < 1.29 is 33.7 Å². The second-order valence-corrected chi connectivity index (χ2v) is 11.2. The van der Waals surface area contributed by atoms with Crippen molar-refractivity contribution in [3.05, 3.63) is 59.7 Å². The van der Waals surface area contributed by atoms with Gasteiger partial charge in [-0.1, -0.05) is 48.5 Å². The summed E-state index contributed by atoms with van der Waals surface area (Å²) in [6.07, 6.45) is -0.309. The normalized spacial score (nSPS) is 18.7. The fourth-order valence-electron chi connectivity index (χ4n) is 5.71. The molecule has 0 saturated carbocycles. The second-order valence-electron chi connectivity index (χ2n) is 11.2. The van der Waals surface area contributed by atoms with E-state index >= 15 is 0 Å².